The maximum absolute atomic E-state index is 11.4. The Morgan fingerprint density at radius 2 is 1.65 bits per heavy atom. The summed E-state index contributed by atoms with van der Waals surface area (Å²) >= 11 is 2.01. The molecule has 7 nitrogen and oxygen atoms in total. The van der Waals surface area contributed by atoms with E-state index in [2.05, 4.69) is 84.3 Å². The van der Waals surface area contributed by atoms with Crippen LogP contribution in [-0.4, -0.2) is 81.1 Å². The lowest BCUT2D eigenvalue weighted by molar-refractivity contribution is -0.0980. The minimum atomic E-state index is -0.616. The summed E-state index contributed by atoms with van der Waals surface area (Å²) in [6, 6.07) is 18.4. The Bertz CT molecular complexity index is 1150. The molecule has 0 aliphatic carbocycles. The average molecular weight is 703 g/mol. The highest BCUT2D eigenvalue weighted by Crippen LogP contribution is 2.44. The Labute approximate surface area is 298 Å². The number of amidine groups is 1. The lowest BCUT2D eigenvalue weighted by Crippen LogP contribution is -2.45. The van der Waals surface area contributed by atoms with Crippen molar-refractivity contribution in [3.05, 3.63) is 77.1 Å². The van der Waals surface area contributed by atoms with Crippen molar-refractivity contribution in [3.8, 4) is 6.07 Å². The predicted octanol–water partition coefficient (Wildman–Crippen LogP) is 9.70. The fraction of sp³-hybridized carbons (Fsp3) is 0.553. The van der Waals surface area contributed by atoms with E-state index >= 15 is 0 Å². The van der Waals surface area contributed by atoms with Crippen LogP contribution in [0.15, 0.2) is 65.4 Å². The number of aryl methyl sites for hydroxylation is 2. The predicted molar refractivity (Wildman–Crippen MR) is 213 cm³/mol. The lowest BCUT2D eigenvalue weighted by atomic mass is 10.1. The van der Waals surface area contributed by atoms with Gasteiger partial charge in [-0.05, 0) is 110 Å². The van der Waals surface area contributed by atoms with E-state index < -0.39 is 6.17 Å². The fourth-order valence-electron chi connectivity index (χ4n) is 4.06. The van der Waals surface area contributed by atoms with E-state index in [9.17, 15) is 4.39 Å². The third kappa shape index (κ3) is 24.4. The zero-order chi connectivity index (χ0) is 36.7. The Kier molecular flexibility index (Phi) is 31.1. The summed E-state index contributed by atoms with van der Waals surface area (Å²) < 4.78 is 13.9. The number of rotatable bonds is 12. The molecule has 0 saturated carbocycles. The number of carbonyl (C=O) groups excluding carboxylic acids is 1. The standard InChI is InChI=1S/C21H33N6PS.C10H14.C4H9F.C2H6.CH2O/c1-18(26-12-14-27(15-13-26)29-28(3)4)25-21(6-5-11-23-2)17-24-20-9-7-19(16-22)8-10-20;1-3-4-10-7-5-9(2)6-8-10;1-3-4(2)5;2*1-2/h7-10,17,23-24H,5-6,11-15H2,1-4H3;5-8H,3-4H2,1-2H3;4H,3H2,1-2H3;1-2H3;1H2/b21-17-,25-18?;;;;. The molecule has 10 heteroatoms. The van der Waals surface area contributed by atoms with Crippen LogP contribution < -0.4 is 10.6 Å². The molecule has 48 heavy (non-hydrogen) atoms. The van der Waals surface area contributed by atoms with Gasteiger partial charge >= 0.3 is 0 Å². The summed E-state index contributed by atoms with van der Waals surface area (Å²) in [5.74, 6) is 1.09. The number of hydrogen-bond acceptors (Lipinski definition) is 7. The zero-order valence-corrected chi connectivity index (χ0v) is 33.2. The quantitative estimate of drug-likeness (QED) is 0.0749. The van der Waals surface area contributed by atoms with Crippen LogP contribution in [0.1, 0.15) is 83.9 Å². The van der Waals surface area contributed by atoms with Crippen molar-refractivity contribution < 1.29 is 9.18 Å². The van der Waals surface area contributed by atoms with Crippen LogP contribution in [0, 0.1) is 18.3 Å². The van der Waals surface area contributed by atoms with E-state index in [0.717, 1.165) is 62.8 Å². The van der Waals surface area contributed by atoms with Gasteiger partial charge in [-0.2, -0.15) is 5.26 Å². The number of anilines is 1. The average Bonchev–Trinajstić information content (AvgIpc) is 3.11. The summed E-state index contributed by atoms with van der Waals surface area (Å²) in [6.45, 7) is 25.6. The highest BCUT2D eigenvalue weighted by molar-refractivity contribution is 8.54. The first-order valence-corrected chi connectivity index (χ1v) is 20.7. The molecule has 3 rings (SSSR count). The van der Waals surface area contributed by atoms with Crippen LogP contribution in [0.3, 0.4) is 0 Å². The second-order valence-electron chi connectivity index (χ2n) is 11.1. The van der Waals surface area contributed by atoms with Crippen molar-refractivity contribution in [2.45, 2.75) is 86.7 Å². The summed E-state index contributed by atoms with van der Waals surface area (Å²) in [5.41, 5.74) is 5.47. The number of halogens is 1. The fourth-order valence-corrected chi connectivity index (χ4v) is 6.72. The maximum atomic E-state index is 11.4. The van der Waals surface area contributed by atoms with Crippen molar-refractivity contribution in [3.63, 3.8) is 0 Å². The van der Waals surface area contributed by atoms with E-state index in [-0.39, 0.29) is 7.12 Å². The number of carbonyl (C=O) groups is 1. The monoisotopic (exact) mass is 702 g/mol. The third-order valence-corrected chi connectivity index (χ3v) is 9.38. The van der Waals surface area contributed by atoms with Crippen LogP contribution >= 0.6 is 18.7 Å². The molecule has 270 valence electrons. The largest absolute Gasteiger partial charge is 0.360 e. The lowest BCUT2D eigenvalue weighted by Gasteiger charge is -2.35. The SMILES string of the molecule is C=O.CC.CCC(C)F.CCCc1ccc(C)cc1.CNCCC/C(=C/Nc1ccc(C#N)cc1)N=C(C)N1CCN(SP(C)C)CC1. The molecule has 1 unspecified atom stereocenters. The van der Waals surface area contributed by atoms with Gasteiger partial charge in [-0.25, -0.2) is 13.7 Å². The van der Waals surface area contributed by atoms with Gasteiger partial charge in [0.15, 0.2) is 0 Å². The molecule has 0 bridgehead atoms. The first-order chi connectivity index (χ1) is 23.1. The number of alkyl halides is 1. The Morgan fingerprint density at radius 3 is 2.10 bits per heavy atom. The molecule has 0 spiro atoms. The van der Waals surface area contributed by atoms with Crippen LogP contribution in [0.2, 0.25) is 0 Å². The molecule has 0 amide bonds. The molecule has 1 aliphatic rings. The molecule has 2 N–H and O–H groups in total. The van der Waals surface area contributed by atoms with Gasteiger partial charge in [0.2, 0.25) is 0 Å². The topological polar surface area (TPSA) is 83.8 Å². The highest BCUT2D eigenvalue weighted by atomic mass is 32.7. The molecule has 2 aromatic rings. The van der Waals surface area contributed by atoms with Gasteiger partial charge in [-0.3, -0.25) is 0 Å². The Hall–Kier alpha value is -2.76. The van der Waals surface area contributed by atoms with Crippen LogP contribution in [0.25, 0.3) is 0 Å². The summed E-state index contributed by atoms with van der Waals surface area (Å²) in [4.78, 5) is 15.3. The van der Waals surface area contributed by atoms with Gasteiger partial charge in [-0.1, -0.05) is 75.5 Å². The van der Waals surface area contributed by atoms with Crippen molar-refractivity contribution in [1.29, 1.82) is 5.26 Å². The van der Waals surface area contributed by atoms with Gasteiger partial charge in [0.1, 0.15) is 12.6 Å². The number of piperazine rings is 1. The number of nitrogens with one attached hydrogen (secondary N) is 2. The molecule has 0 radical (unpaired) electrons. The number of aliphatic imine (C=N–C) groups is 1. The van der Waals surface area contributed by atoms with Gasteiger partial charge in [0, 0.05) is 38.1 Å². The van der Waals surface area contributed by atoms with Crippen molar-refractivity contribution >= 4 is 37.0 Å². The minimum Gasteiger partial charge on any atom is -0.360 e. The number of hydrogen-bond donors (Lipinski definition) is 2. The van der Waals surface area contributed by atoms with Gasteiger partial charge in [0.05, 0.1) is 23.5 Å². The van der Waals surface area contributed by atoms with E-state index in [1.54, 1.807) is 6.92 Å². The third-order valence-electron chi connectivity index (χ3n) is 6.78. The van der Waals surface area contributed by atoms with Crippen LogP contribution in [0.5, 0.6) is 0 Å². The van der Waals surface area contributed by atoms with Crippen LogP contribution in [0.4, 0.5) is 10.1 Å². The molecule has 1 atom stereocenters. The van der Waals surface area contributed by atoms with Crippen molar-refractivity contribution in [1.82, 2.24) is 14.5 Å². The van der Waals surface area contributed by atoms with Crippen molar-refractivity contribution in [2.75, 3.05) is 58.4 Å². The number of nitrogens with zero attached hydrogens (tertiary/aromatic N) is 4. The first-order valence-electron chi connectivity index (χ1n) is 17.1. The van der Waals surface area contributed by atoms with Crippen molar-refractivity contribution in [2.24, 2.45) is 4.99 Å². The van der Waals surface area contributed by atoms with E-state index in [1.165, 1.54) is 24.0 Å². The van der Waals surface area contributed by atoms with Gasteiger partial charge in [0.25, 0.3) is 0 Å². The second-order valence-corrected chi connectivity index (χ2v) is 16.1. The summed E-state index contributed by atoms with van der Waals surface area (Å²) in [7, 11) is 2.02. The highest BCUT2D eigenvalue weighted by Gasteiger charge is 2.19. The first kappa shape index (κ1) is 47.4. The smallest absolute Gasteiger partial charge is 0.106 e. The maximum Gasteiger partial charge on any atom is 0.106 e. The molecule has 1 aliphatic heterocycles. The molecule has 1 heterocycles. The van der Waals surface area contributed by atoms with Crippen LogP contribution in [-0.2, 0) is 11.2 Å². The molecule has 1 fully saturated rings. The molecule has 1 saturated heterocycles. The molecular weight excluding hydrogens is 638 g/mol. The van der Waals surface area contributed by atoms with Gasteiger partial charge in [-0.15, -0.1) is 0 Å². The Balaban J connectivity index is 0. The second kappa shape index (κ2) is 31.5. The number of nitriles is 1. The summed E-state index contributed by atoms with van der Waals surface area (Å²) in [5, 5.41) is 15.5. The van der Waals surface area contributed by atoms with Gasteiger partial charge < -0.3 is 20.3 Å². The van der Waals surface area contributed by atoms with E-state index in [1.807, 2.05) is 76.6 Å². The zero-order valence-electron chi connectivity index (χ0n) is 31.5. The molecule has 2 aromatic carbocycles. The van der Waals surface area contributed by atoms with E-state index in [0.29, 0.717) is 12.0 Å². The minimum absolute atomic E-state index is 0.0467. The molecular formula is C38H64FN6OPS. The number of allylic oxidation sites excluding steroid dienone is 1. The normalized spacial score (nSPS) is 13.6. The number of benzene rings is 2. The summed E-state index contributed by atoms with van der Waals surface area (Å²) in [6.07, 6.45) is 6.41. The van der Waals surface area contributed by atoms with E-state index in [4.69, 9.17) is 15.0 Å². The Morgan fingerprint density at radius 1 is 1.08 bits per heavy atom. The molecule has 0 aromatic heterocycles.